The molecule has 3 nitrogen and oxygen atoms in total. The fraction of sp³-hybridized carbons (Fsp3) is 0.0714. The number of rotatable bonds is 3. The van der Waals surface area contributed by atoms with Crippen LogP contribution in [0.4, 0.5) is 0 Å². The third-order valence-corrected chi connectivity index (χ3v) is 3.41. The Balaban J connectivity index is 0.00000200. The molecule has 0 aliphatic carbocycles. The van der Waals surface area contributed by atoms with Crippen molar-refractivity contribution in [3.8, 4) is 11.1 Å². The molecule has 6 heteroatoms. The maximum atomic E-state index is 11.0. The molecule has 2 aromatic rings. The van der Waals surface area contributed by atoms with E-state index in [0.717, 1.165) is 0 Å². The van der Waals surface area contributed by atoms with Gasteiger partial charge in [-0.05, 0) is 23.3 Å². The quantitative estimate of drug-likeness (QED) is 0.770. The van der Waals surface area contributed by atoms with Crippen LogP contribution < -0.4 is 40.4 Å². The summed E-state index contributed by atoms with van der Waals surface area (Å²) in [6.45, 7) is 0. The minimum atomic E-state index is -1.35. The number of carbonyl (C=O) groups is 1. The molecule has 0 fully saturated rings. The van der Waals surface area contributed by atoms with Crippen LogP contribution in [0, 0.1) is 0 Å². The zero-order chi connectivity index (χ0) is 14.0. The molecule has 0 heterocycles. The maximum absolute atomic E-state index is 11.0. The van der Waals surface area contributed by atoms with Gasteiger partial charge in [0.05, 0.1) is 12.0 Å². The molecule has 1 atom stereocenters. The van der Waals surface area contributed by atoms with E-state index in [1.807, 2.05) is 0 Å². The standard InChI is InChI=1S/C14H11Cl2NO2.Na/c15-10-6-3-7-11(16)12(10)8-4-1-2-5-9(8)13(17)14(18)19;/h1-7,13H,17H2,(H,18,19);/q;+1/p-1. The summed E-state index contributed by atoms with van der Waals surface area (Å²) in [5, 5.41) is 11.8. The van der Waals surface area contributed by atoms with E-state index < -0.39 is 12.0 Å². The third-order valence-electron chi connectivity index (χ3n) is 2.78. The summed E-state index contributed by atoms with van der Waals surface area (Å²) < 4.78 is 0. The van der Waals surface area contributed by atoms with E-state index in [1.165, 1.54) is 0 Å². The van der Waals surface area contributed by atoms with Gasteiger partial charge in [-0.2, -0.15) is 0 Å². The van der Waals surface area contributed by atoms with E-state index in [4.69, 9.17) is 28.9 Å². The van der Waals surface area contributed by atoms with Crippen LogP contribution >= 0.6 is 23.2 Å². The molecule has 2 aromatic carbocycles. The summed E-state index contributed by atoms with van der Waals surface area (Å²) in [4.78, 5) is 11.0. The largest absolute Gasteiger partial charge is 1.00 e. The number of aliphatic carboxylic acids is 1. The molecule has 0 saturated carbocycles. The smallest absolute Gasteiger partial charge is 0.548 e. The predicted octanol–water partition coefficient (Wildman–Crippen LogP) is -0.586. The summed E-state index contributed by atoms with van der Waals surface area (Å²) in [6, 6.07) is 10.7. The second-order valence-electron chi connectivity index (χ2n) is 3.98. The number of carboxylic acids is 1. The molecule has 98 valence electrons. The van der Waals surface area contributed by atoms with Crippen molar-refractivity contribution in [1.82, 2.24) is 0 Å². The van der Waals surface area contributed by atoms with Crippen LogP contribution in [0.15, 0.2) is 42.5 Å². The first-order valence-corrected chi connectivity index (χ1v) is 6.27. The first-order valence-electron chi connectivity index (χ1n) is 5.52. The summed E-state index contributed by atoms with van der Waals surface area (Å²) in [6.07, 6.45) is 0. The molecule has 0 aliphatic rings. The normalized spacial score (nSPS) is 11.6. The Bertz CT molecular complexity index is 614. The Morgan fingerprint density at radius 1 is 1.05 bits per heavy atom. The Kier molecular flexibility index (Phi) is 6.52. The van der Waals surface area contributed by atoms with Crippen LogP contribution in [0.25, 0.3) is 11.1 Å². The molecule has 0 aromatic heterocycles. The molecule has 20 heavy (non-hydrogen) atoms. The zero-order valence-electron chi connectivity index (χ0n) is 10.8. The van der Waals surface area contributed by atoms with Gasteiger partial charge < -0.3 is 15.6 Å². The van der Waals surface area contributed by atoms with Gasteiger partial charge in [0.1, 0.15) is 0 Å². The third kappa shape index (κ3) is 3.55. The molecule has 2 rings (SSSR count). The van der Waals surface area contributed by atoms with E-state index in [1.54, 1.807) is 42.5 Å². The van der Waals surface area contributed by atoms with E-state index >= 15 is 0 Å². The number of carboxylic acid groups (broad SMARTS) is 1. The molecule has 0 spiro atoms. The molecule has 2 N–H and O–H groups in total. The zero-order valence-corrected chi connectivity index (χ0v) is 14.3. The first-order chi connectivity index (χ1) is 9.02. The second kappa shape index (κ2) is 7.46. The van der Waals surface area contributed by atoms with Gasteiger partial charge in [0.15, 0.2) is 0 Å². The Hall–Kier alpha value is -0.550. The fourth-order valence-corrected chi connectivity index (χ4v) is 2.48. The number of nitrogens with two attached hydrogens (primary N) is 1. The van der Waals surface area contributed by atoms with Crippen molar-refractivity contribution in [2.24, 2.45) is 5.73 Å². The monoisotopic (exact) mass is 317 g/mol. The van der Waals surface area contributed by atoms with Crippen molar-refractivity contribution in [2.45, 2.75) is 6.04 Å². The average molecular weight is 318 g/mol. The van der Waals surface area contributed by atoms with Gasteiger partial charge in [-0.1, -0.05) is 53.5 Å². The van der Waals surface area contributed by atoms with E-state index in [0.29, 0.717) is 26.7 Å². The Morgan fingerprint density at radius 3 is 2.15 bits per heavy atom. The van der Waals surface area contributed by atoms with Gasteiger partial charge in [0, 0.05) is 15.6 Å². The molecular weight excluding hydrogens is 308 g/mol. The first kappa shape index (κ1) is 17.5. The van der Waals surface area contributed by atoms with Crippen molar-refractivity contribution in [1.29, 1.82) is 0 Å². The van der Waals surface area contributed by atoms with Gasteiger partial charge in [0.2, 0.25) is 0 Å². The number of carbonyl (C=O) groups excluding carboxylic acids is 1. The van der Waals surface area contributed by atoms with Crippen molar-refractivity contribution >= 4 is 29.2 Å². The minimum absolute atomic E-state index is 0. The molecule has 0 aliphatic heterocycles. The van der Waals surface area contributed by atoms with Crippen LogP contribution in [-0.4, -0.2) is 5.97 Å². The summed E-state index contributed by atoms with van der Waals surface area (Å²) in [7, 11) is 0. The number of hydrogen-bond acceptors (Lipinski definition) is 3. The molecule has 1 unspecified atom stereocenters. The maximum Gasteiger partial charge on any atom is 1.00 e. The summed E-state index contributed by atoms with van der Waals surface area (Å²) >= 11 is 12.3. The van der Waals surface area contributed by atoms with Gasteiger partial charge in [-0.3, -0.25) is 0 Å². The summed E-state index contributed by atoms with van der Waals surface area (Å²) in [5.41, 5.74) is 7.20. The van der Waals surface area contributed by atoms with E-state index in [2.05, 4.69) is 0 Å². The van der Waals surface area contributed by atoms with Crippen molar-refractivity contribution < 1.29 is 39.5 Å². The van der Waals surface area contributed by atoms with Crippen LogP contribution in [0.3, 0.4) is 0 Å². The van der Waals surface area contributed by atoms with Crippen molar-refractivity contribution in [3.63, 3.8) is 0 Å². The van der Waals surface area contributed by atoms with Crippen LogP contribution in [0.1, 0.15) is 11.6 Å². The van der Waals surface area contributed by atoms with Crippen molar-refractivity contribution in [3.05, 3.63) is 58.1 Å². The van der Waals surface area contributed by atoms with Gasteiger partial charge in [-0.25, -0.2) is 0 Å². The number of halogens is 2. The summed E-state index contributed by atoms with van der Waals surface area (Å²) in [5.74, 6) is -1.35. The molecule has 0 radical (unpaired) electrons. The molecule has 0 saturated heterocycles. The van der Waals surface area contributed by atoms with E-state index in [-0.39, 0.29) is 29.6 Å². The SMILES string of the molecule is NC(C(=O)[O-])c1ccccc1-c1c(Cl)cccc1Cl.[Na+]. The Labute approximate surface area is 149 Å². The van der Waals surface area contributed by atoms with Crippen molar-refractivity contribution in [2.75, 3.05) is 0 Å². The van der Waals surface area contributed by atoms with Crippen LogP contribution in [0.5, 0.6) is 0 Å². The van der Waals surface area contributed by atoms with Crippen LogP contribution in [-0.2, 0) is 4.79 Å². The second-order valence-corrected chi connectivity index (χ2v) is 4.80. The molecule has 0 bridgehead atoms. The average Bonchev–Trinajstić information content (AvgIpc) is 2.38. The van der Waals surface area contributed by atoms with E-state index in [9.17, 15) is 9.90 Å². The topological polar surface area (TPSA) is 66.2 Å². The number of hydrogen-bond donors (Lipinski definition) is 1. The number of benzene rings is 2. The van der Waals surface area contributed by atoms with Gasteiger partial charge in [0.25, 0.3) is 0 Å². The fourth-order valence-electron chi connectivity index (χ4n) is 1.88. The van der Waals surface area contributed by atoms with Gasteiger partial charge in [-0.15, -0.1) is 0 Å². The van der Waals surface area contributed by atoms with Gasteiger partial charge >= 0.3 is 29.6 Å². The predicted molar refractivity (Wildman–Crippen MR) is 73.8 cm³/mol. The Morgan fingerprint density at radius 2 is 1.60 bits per heavy atom. The minimum Gasteiger partial charge on any atom is -0.548 e. The molecule has 0 amide bonds. The van der Waals surface area contributed by atoms with Crippen LogP contribution in [0.2, 0.25) is 10.0 Å². The molecular formula is C14H10Cl2NNaO2.